The zero-order chi connectivity index (χ0) is 15.2. The Kier molecular flexibility index (Phi) is 5.21. The van der Waals surface area contributed by atoms with E-state index in [1.165, 1.54) is 0 Å². The van der Waals surface area contributed by atoms with Gasteiger partial charge in [-0.05, 0) is 13.0 Å². The molecule has 7 heteroatoms. The third-order valence-corrected chi connectivity index (χ3v) is 3.61. The van der Waals surface area contributed by atoms with Gasteiger partial charge in [-0.1, -0.05) is 18.2 Å². The van der Waals surface area contributed by atoms with Gasteiger partial charge in [-0.25, -0.2) is 4.79 Å². The van der Waals surface area contributed by atoms with Gasteiger partial charge in [0.2, 0.25) is 0 Å². The molecule has 1 heterocycles. The molecule has 2 aromatic rings. The van der Waals surface area contributed by atoms with Crippen LogP contribution < -0.4 is 5.32 Å². The average Bonchev–Trinajstić information content (AvgIpc) is 2.47. The second-order valence-electron chi connectivity index (χ2n) is 4.37. The number of benzene rings is 1. The summed E-state index contributed by atoms with van der Waals surface area (Å²) < 4.78 is 16.2. The first-order chi connectivity index (χ1) is 10.1. The highest BCUT2D eigenvalue weighted by molar-refractivity contribution is 7.84. The monoisotopic (exact) mass is 307 g/mol. The first kappa shape index (κ1) is 15.4. The number of hydrogen-bond donors (Lipinski definition) is 1. The van der Waals surface area contributed by atoms with Gasteiger partial charge < -0.3 is 10.1 Å². The normalized spacial score (nSPS) is 12.1. The van der Waals surface area contributed by atoms with Gasteiger partial charge in [0.1, 0.15) is 0 Å². The van der Waals surface area contributed by atoms with Crippen LogP contribution in [0.25, 0.3) is 10.9 Å². The number of nitrogens with zero attached hydrogens (tertiary/aromatic N) is 2. The van der Waals surface area contributed by atoms with Gasteiger partial charge in [-0.3, -0.25) is 4.21 Å². The summed E-state index contributed by atoms with van der Waals surface area (Å²) in [5, 5.41) is 11.9. The van der Waals surface area contributed by atoms with Gasteiger partial charge in [0.25, 0.3) is 0 Å². The number of ether oxygens (including phenoxy) is 1. The molecule has 0 radical (unpaired) electrons. The van der Waals surface area contributed by atoms with Gasteiger partial charge in [0, 0.05) is 34.7 Å². The Bertz CT molecular complexity index is 676. The minimum Gasteiger partial charge on any atom is -0.461 e. The topological polar surface area (TPSA) is 81.2 Å². The third kappa shape index (κ3) is 3.75. The number of fused-ring (bicyclic) bond motifs is 1. The van der Waals surface area contributed by atoms with Crippen molar-refractivity contribution < 1.29 is 13.7 Å². The molecular formula is C14H17N3O3S. The molecule has 0 fully saturated rings. The summed E-state index contributed by atoms with van der Waals surface area (Å²) in [6.07, 6.45) is 1.64. The zero-order valence-electron chi connectivity index (χ0n) is 12.0. The molecule has 0 saturated carbocycles. The highest BCUT2D eigenvalue weighted by Gasteiger charge is 2.18. The molecule has 0 aliphatic heterocycles. The van der Waals surface area contributed by atoms with E-state index in [9.17, 15) is 9.00 Å². The molecular weight excluding hydrogens is 290 g/mol. The van der Waals surface area contributed by atoms with E-state index >= 15 is 0 Å². The number of anilines is 1. The second-order valence-corrected chi connectivity index (χ2v) is 5.92. The van der Waals surface area contributed by atoms with Crippen LogP contribution >= 0.6 is 0 Å². The predicted molar refractivity (Wildman–Crippen MR) is 82.9 cm³/mol. The lowest BCUT2D eigenvalue weighted by Crippen LogP contribution is -2.16. The van der Waals surface area contributed by atoms with Crippen molar-refractivity contribution in [3.63, 3.8) is 0 Å². The van der Waals surface area contributed by atoms with E-state index in [-0.39, 0.29) is 12.3 Å². The number of rotatable bonds is 6. The molecule has 0 amide bonds. The summed E-state index contributed by atoms with van der Waals surface area (Å²) in [6, 6.07) is 7.40. The maximum absolute atomic E-state index is 12.0. The highest BCUT2D eigenvalue weighted by Crippen LogP contribution is 2.24. The molecule has 0 aliphatic carbocycles. The summed E-state index contributed by atoms with van der Waals surface area (Å²) >= 11 is 0. The summed E-state index contributed by atoms with van der Waals surface area (Å²) in [5.41, 5.74) is 1.41. The molecule has 0 saturated heterocycles. The summed E-state index contributed by atoms with van der Waals surface area (Å²) in [6.45, 7) is 2.48. The fourth-order valence-corrected chi connectivity index (χ4v) is 2.28. The third-order valence-electron chi connectivity index (χ3n) is 2.83. The largest absolute Gasteiger partial charge is 0.461 e. The number of esters is 1. The van der Waals surface area contributed by atoms with Crippen LogP contribution in [0.15, 0.2) is 24.3 Å². The number of aromatic nitrogens is 2. The molecule has 2 rings (SSSR count). The van der Waals surface area contributed by atoms with E-state index in [1.54, 1.807) is 13.2 Å². The SMILES string of the molecule is CCOC(=O)c1nnc2ccccc2c1NCCS(C)=O. The molecule has 0 bridgehead atoms. The van der Waals surface area contributed by atoms with Crippen molar-refractivity contribution in [3.8, 4) is 0 Å². The van der Waals surface area contributed by atoms with Crippen LogP contribution in [0.1, 0.15) is 17.4 Å². The van der Waals surface area contributed by atoms with Gasteiger partial charge in [-0.2, -0.15) is 0 Å². The van der Waals surface area contributed by atoms with Crippen LogP contribution in [0.2, 0.25) is 0 Å². The fraction of sp³-hybridized carbons (Fsp3) is 0.357. The molecule has 21 heavy (non-hydrogen) atoms. The first-order valence-corrected chi connectivity index (χ1v) is 8.32. The maximum Gasteiger partial charge on any atom is 0.361 e. The van der Waals surface area contributed by atoms with Crippen molar-refractivity contribution in [2.24, 2.45) is 0 Å². The Morgan fingerprint density at radius 3 is 2.81 bits per heavy atom. The number of carbonyl (C=O) groups excluding carboxylic acids is 1. The van der Waals surface area contributed by atoms with Crippen LogP contribution in [0, 0.1) is 0 Å². The minimum absolute atomic E-state index is 0.150. The Hall–Kier alpha value is -2.02. The quantitative estimate of drug-likeness (QED) is 0.816. The van der Waals surface area contributed by atoms with Crippen LogP contribution in [0.3, 0.4) is 0 Å². The lowest BCUT2D eigenvalue weighted by Gasteiger charge is -2.12. The molecule has 1 N–H and O–H groups in total. The molecule has 1 atom stereocenters. The summed E-state index contributed by atoms with van der Waals surface area (Å²) in [4.78, 5) is 12.0. The second kappa shape index (κ2) is 7.12. The maximum atomic E-state index is 12.0. The zero-order valence-corrected chi connectivity index (χ0v) is 12.8. The Morgan fingerprint density at radius 1 is 1.33 bits per heavy atom. The van der Waals surface area contributed by atoms with Crippen molar-refractivity contribution in [2.75, 3.05) is 30.5 Å². The Morgan fingerprint density at radius 2 is 2.10 bits per heavy atom. The summed E-state index contributed by atoms with van der Waals surface area (Å²) in [5.74, 6) is -0.0327. The van der Waals surface area contributed by atoms with Crippen molar-refractivity contribution in [1.82, 2.24) is 10.2 Å². The van der Waals surface area contributed by atoms with Crippen LogP contribution in [-0.4, -0.2) is 45.5 Å². The van der Waals surface area contributed by atoms with Gasteiger partial charge in [-0.15, -0.1) is 10.2 Å². The smallest absolute Gasteiger partial charge is 0.361 e. The van der Waals surface area contributed by atoms with Gasteiger partial charge in [0.05, 0.1) is 17.8 Å². The van der Waals surface area contributed by atoms with Crippen molar-refractivity contribution in [3.05, 3.63) is 30.0 Å². The van der Waals surface area contributed by atoms with E-state index < -0.39 is 16.8 Å². The average molecular weight is 307 g/mol. The van der Waals surface area contributed by atoms with Crippen molar-refractivity contribution in [1.29, 1.82) is 0 Å². The molecule has 1 aromatic heterocycles. The molecule has 6 nitrogen and oxygen atoms in total. The van der Waals surface area contributed by atoms with Gasteiger partial charge in [0.15, 0.2) is 5.69 Å². The molecule has 112 valence electrons. The molecule has 1 unspecified atom stereocenters. The minimum atomic E-state index is -0.908. The number of nitrogens with one attached hydrogen (secondary N) is 1. The molecule has 0 spiro atoms. The Balaban J connectivity index is 2.41. The Labute approximate surface area is 125 Å². The van der Waals surface area contributed by atoms with Crippen LogP contribution in [-0.2, 0) is 15.5 Å². The lowest BCUT2D eigenvalue weighted by molar-refractivity contribution is 0.0519. The van der Waals surface area contributed by atoms with E-state index in [1.807, 2.05) is 24.3 Å². The standard InChI is InChI=1S/C14H17N3O3S/c1-3-20-14(18)13-12(15-8-9-21(2)19)10-6-4-5-7-11(10)16-17-13/h4-7H,3,8-9H2,1-2H3,(H,15,16). The first-order valence-electron chi connectivity index (χ1n) is 6.60. The molecule has 1 aromatic carbocycles. The van der Waals surface area contributed by atoms with E-state index in [0.29, 0.717) is 23.5 Å². The lowest BCUT2D eigenvalue weighted by atomic mass is 10.1. The van der Waals surface area contributed by atoms with Crippen molar-refractivity contribution >= 4 is 33.4 Å². The van der Waals surface area contributed by atoms with Crippen molar-refractivity contribution in [2.45, 2.75) is 6.92 Å². The van der Waals surface area contributed by atoms with E-state index in [0.717, 1.165) is 5.39 Å². The predicted octanol–water partition coefficient (Wildman–Crippen LogP) is 1.60. The van der Waals surface area contributed by atoms with Gasteiger partial charge >= 0.3 is 5.97 Å². The van der Waals surface area contributed by atoms with E-state index in [4.69, 9.17) is 4.74 Å². The number of carbonyl (C=O) groups is 1. The fourth-order valence-electron chi connectivity index (χ4n) is 1.89. The van der Waals surface area contributed by atoms with Crippen LogP contribution in [0.5, 0.6) is 0 Å². The summed E-state index contributed by atoms with van der Waals surface area (Å²) in [7, 11) is -0.908. The highest BCUT2D eigenvalue weighted by atomic mass is 32.2. The molecule has 0 aliphatic rings. The van der Waals surface area contributed by atoms with Crippen LogP contribution in [0.4, 0.5) is 5.69 Å². The number of hydrogen-bond acceptors (Lipinski definition) is 6. The van der Waals surface area contributed by atoms with E-state index in [2.05, 4.69) is 15.5 Å².